The Bertz CT molecular complexity index is 1130. The second kappa shape index (κ2) is 7.01. The molecule has 9 nitrogen and oxygen atoms in total. The number of aromatic nitrogens is 4. The van der Waals surface area contributed by atoms with Crippen LogP contribution in [0.1, 0.15) is 41.1 Å². The highest BCUT2D eigenvalue weighted by Gasteiger charge is 2.43. The quantitative estimate of drug-likeness (QED) is 0.660. The van der Waals surface area contributed by atoms with Gasteiger partial charge in [0.2, 0.25) is 5.91 Å². The van der Waals surface area contributed by atoms with Crippen LogP contribution in [0.5, 0.6) is 5.75 Å². The average Bonchev–Trinajstić information content (AvgIpc) is 3.35. The lowest BCUT2D eigenvalue weighted by atomic mass is 9.99. The number of imide groups is 1. The zero-order valence-electron chi connectivity index (χ0n) is 15.5. The van der Waals surface area contributed by atoms with E-state index in [1.807, 2.05) is 6.07 Å². The number of fused-ring (bicyclic) bond motifs is 1. The first-order valence-electron chi connectivity index (χ1n) is 9.33. The predicted octanol–water partition coefficient (Wildman–Crippen LogP) is 1.92. The number of carbonyl (C=O) groups is 2. The summed E-state index contributed by atoms with van der Waals surface area (Å²) < 4.78 is 30.6. The molecule has 30 heavy (non-hydrogen) atoms. The molecule has 0 aromatic carbocycles. The zero-order chi connectivity index (χ0) is 20.8. The van der Waals surface area contributed by atoms with Gasteiger partial charge in [-0.2, -0.15) is 13.9 Å². The van der Waals surface area contributed by atoms with Gasteiger partial charge in [0.25, 0.3) is 0 Å². The van der Waals surface area contributed by atoms with Crippen LogP contribution in [0.2, 0.25) is 0 Å². The number of ether oxygens (including phenoxy) is 1. The summed E-state index contributed by atoms with van der Waals surface area (Å²) in [6.45, 7) is -2.73. The highest BCUT2D eigenvalue weighted by atomic mass is 19.3. The number of urea groups is 1. The highest BCUT2D eigenvalue weighted by Crippen LogP contribution is 2.55. The first-order valence-corrected chi connectivity index (χ1v) is 9.33. The molecule has 0 bridgehead atoms. The SMILES string of the molecule is O=C1NCC(c2cc([C@H]3C[C@@H]3c3ccc(OC(F)F)cn3)c3nccn3n2)C(=O)N1. The van der Waals surface area contributed by atoms with Gasteiger partial charge in [0.15, 0.2) is 5.65 Å². The van der Waals surface area contributed by atoms with Crippen LogP contribution < -0.4 is 15.4 Å². The van der Waals surface area contributed by atoms with Gasteiger partial charge < -0.3 is 10.1 Å². The van der Waals surface area contributed by atoms with E-state index >= 15 is 0 Å². The first kappa shape index (κ1) is 18.4. The van der Waals surface area contributed by atoms with Crippen molar-refractivity contribution in [3.05, 3.63) is 53.7 Å². The summed E-state index contributed by atoms with van der Waals surface area (Å²) in [5.74, 6) is -0.790. The lowest BCUT2D eigenvalue weighted by Gasteiger charge is -2.22. The third kappa shape index (κ3) is 3.31. The molecule has 154 valence electrons. The van der Waals surface area contributed by atoms with Crippen LogP contribution in [-0.4, -0.2) is 44.7 Å². The van der Waals surface area contributed by atoms with E-state index in [1.54, 1.807) is 23.0 Å². The van der Waals surface area contributed by atoms with E-state index in [4.69, 9.17) is 0 Å². The van der Waals surface area contributed by atoms with Crippen LogP contribution in [0.15, 0.2) is 36.8 Å². The fourth-order valence-electron chi connectivity index (χ4n) is 3.82. The maximum absolute atomic E-state index is 12.3. The molecule has 1 unspecified atom stereocenters. The van der Waals surface area contributed by atoms with E-state index in [9.17, 15) is 18.4 Å². The van der Waals surface area contributed by atoms with E-state index < -0.39 is 24.5 Å². The van der Waals surface area contributed by atoms with Crippen molar-refractivity contribution in [1.82, 2.24) is 30.2 Å². The standard InChI is InChI=1S/C19H16F2N6O3/c20-18(21)30-9-1-2-14(23-7-9)11-5-10(11)12-6-15(26-27-4-3-22-16(12)27)13-8-24-19(29)25-17(13)28/h1-4,6-7,10-11,13,18H,5,8H2,(H2,24,25,28,29)/t10-,11-,13?/m0/s1. The van der Waals surface area contributed by atoms with Crippen molar-refractivity contribution in [3.63, 3.8) is 0 Å². The number of carbonyl (C=O) groups excluding carboxylic acids is 2. The second-order valence-electron chi connectivity index (χ2n) is 7.22. The van der Waals surface area contributed by atoms with Crippen molar-refractivity contribution < 1.29 is 23.1 Å². The summed E-state index contributed by atoms with van der Waals surface area (Å²) in [5.41, 5.74) is 2.92. The Labute approximate surface area is 168 Å². The molecule has 1 aliphatic heterocycles. The fraction of sp³-hybridized carbons (Fsp3) is 0.316. The van der Waals surface area contributed by atoms with Gasteiger partial charge in [0.1, 0.15) is 5.75 Å². The van der Waals surface area contributed by atoms with Crippen molar-refractivity contribution >= 4 is 17.6 Å². The predicted molar refractivity (Wildman–Crippen MR) is 98.2 cm³/mol. The Morgan fingerprint density at radius 2 is 2.03 bits per heavy atom. The van der Waals surface area contributed by atoms with Crippen LogP contribution in [0.4, 0.5) is 13.6 Å². The van der Waals surface area contributed by atoms with Crippen molar-refractivity contribution in [2.24, 2.45) is 0 Å². The van der Waals surface area contributed by atoms with E-state index in [-0.39, 0.29) is 24.1 Å². The van der Waals surface area contributed by atoms with Gasteiger partial charge in [-0.25, -0.2) is 14.3 Å². The number of rotatable bonds is 5. The van der Waals surface area contributed by atoms with Gasteiger partial charge in [-0.15, -0.1) is 0 Å². The summed E-state index contributed by atoms with van der Waals surface area (Å²) in [6.07, 6.45) is 5.43. The van der Waals surface area contributed by atoms with Crippen LogP contribution in [0.25, 0.3) is 5.65 Å². The first-order chi connectivity index (χ1) is 14.5. The molecule has 4 heterocycles. The molecule has 2 aliphatic rings. The number of hydrogen-bond acceptors (Lipinski definition) is 6. The number of nitrogens with zero attached hydrogens (tertiary/aromatic N) is 4. The Morgan fingerprint density at radius 1 is 1.17 bits per heavy atom. The lowest BCUT2D eigenvalue weighted by Crippen LogP contribution is -2.51. The maximum Gasteiger partial charge on any atom is 0.387 e. The molecule has 3 amide bonds. The van der Waals surface area contributed by atoms with Crippen molar-refractivity contribution in [2.75, 3.05) is 6.54 Å². The van der Waals surface area contributed by atoms with Gasteiger partial charge in [0, 0.05) is 36.1 Å². The molecule has 2 N–H and O–H groups in total. The Morgan fingerprint density at radius 3 is 2.77 bits per heavy atom. The fourth-order valence-corrected chi connectivity index (χ4v) is 3.82. The smallest absolute Gasteiger partial charge is 0.387 e. The molecule has 0 spiro atoms. The van der Waals surface area contributed by atoms with Crippen molar-refractivity contribution in [3.8, 4) is 5.75 Å². The van der Waals surface area contributed by atoms with E-state index in [2.05, 4.69) is 30.4 Å². The molecule has 1 saturated heterocycles. The summed E-state index contributed by atoms with van der Waals surface area (Å²) in [4.78, 5) is 32.2. The maximum atomic E-state index is 12.3. The molecular formula is C19H16F2N6O3. The molecule has 1 aliphatic carbocycles. The summed E-state index contributed by atoms with van der Waals surface area (Å²) in [5, 5.41) is 9.35. The molecule has 3 aromatic rings. The van der Waals surface area contributed by atoms with Crippen LogP contribution in [0, 0.1) is 0 Å². The number of amides is 3. The van der Waals surface area contributed by atoms with Gasteiger partial charge in [0.05, 0.1) is 17.8 Å². The second-order valence-corrected chi connectivity index (χ2v) is 7.22. The minimum atomic E-state index is -2.89. The Balaban J connectivity index is 1.43. The van der Waals surface area contributed by atoms with E-state index in [0.717, 1.165) is 17.7 Å². The summed E-state index contributed by atoms with van der Waals surface area (Å²) >= 11 is 0. The third-order valence-electron chi connectivity index (χ3n) is 5.34. The number of pyridine rings is 1. The third-order valence-corrected chi connectivity index (χ3v) is 5.34. The normalized spacial score (nSPS) is 23.4. The highest BCUT2D eigenvalue weighted by molar-refractivity contribution is 6.00. The Kier molecular flexibility index (Phi) is 4.30. The number of nitrogens with one attached hydrogen (secondary N) is 2. The largest absolute Gasteiger partial charge is 0.433 e. The van der Waals surface area contributed by atoms with Crippen molar-refractivity contribution in [1.29, 1.82) is 0 Å². The van der Waals surface area contributed by atoms with Crippen LogP contribution in [0.3, 0.4) is 0 Å². The molecule has 5 rings (SSSR count). The molecule has 2 fully saturated rings. The van der Waals surface area contributed by atoms with E-state index in [0.29, 0.717) is 11.3 Å². The number of halogens is 2. The summed E-state index contributed by atoms with van der Waals surface area (Å²) in [6, 6.07) is 4.48. The summed E-state index contributed by atoms with van der Waals surface area (Å²) in [7, 11) is 0. The van der Waals surface area contributed by atoms with Crippen LogP contribution in [-0.2, 0) is 4.79 Å². The molecule has 3 atom stereocenters. The zero-order valence-corrected chi connectivity index (χ0v) is 15.5. The minimum absolute atomic E-state index is 0.0122. The number of imidazole rings is 1. The molecular weight excluding hydrogens is 398 g/mol. The van der Waals surface area contributed by atoms with Crippen LogP contribution >= 0.6 is 0 Å². The monoisotopic (exact) mass is 414 g/mol. The molecule has 0 radical (unpaired) electrons. The Hall–Kier alpha value is -3.63. The van der Waals surface area contributed by atoms with Gasteiger partial charge in [-0.3, -0.25) is 15.1 Å². The minimum Gasteiger partial charge on any atom is -0.433 e. The number of hydrogen-bond donors (Lipinski definition) is 2. The molecule has 1 saturated carbocycles. The van der Waals surface area contributed by atoms with Crippen molar-refractivity contribution in [2.45, 2.75) is 30.8 Å². The van der Waals surface area contributed by atoms with Gasteiger partial charge >= 0.3 is 12.6 Å². The van der Waals surface area contributed by atoms with Gasteiger partial charge in [-0.05, 0) is 30.5 Å². The molecule has 3 aromatic heterocycles. The van der Waals surface area contributed by atoms with E-state index in [1.165, 1.54) is 12.3 Å². The lowest BCUT2D eigenvalue weighted by molar-refractivity contribution is -0.122. The number of alkyl halides is 2. The van der Waals surface area contributed by atoms with Gasteiger partial charge in [-0.1, -0.05) is 0 Å². The average molecular weight is 414 g/mol. The topological polar surface area (TPSA) is 111 Å². The molecule has 11 heteroatoms.